The van der Waals surface area contributed by atoms with E-state index in [2.05, 4.69) is 19.1 Å². The molecule has 0 saturated carbocycles. The van der Waals surface area contributed by atoms with Crippen LogP contribution in [-0.2, 0) is 24.1 Å². The summed E-state index contributed by atoms with van der Waals surface area (Å²) in [6.45, 7) is 6.10. The van der Waals surface area contributed by atoms with E-state index < -0.39 is 0 Å². The number of ether oxygens (including phenoxy) is 1. The maximum atomic E-state index is 13.2. The Hall–Kier alpha value is -2.66. The predicted molar refractivity (Wildman–Crippen MR) is 122 cm³/mol. The minimum Gasteiger partial charge on any atom is -0.497 e. The van der Waals surface area contributed by atoms with Gasteiger partial charge in [0.25, 0.3) is 0 Å². The number of Topliss-reactive ketones (excluding diaryl/α,β-unsaturated/α-hetero) is 1. The molecule has 1 atom stereocenters. The van der Waals surface area contributed by atoms with Gasteiger partial charge in [-0.2, -0.15) is 5.10 Å². The number of benzene rings is 2. The zero-order valence-corrected chi connectivity index (χ0v) is 19.2. The van der Waals surface area contributed by atoms with Crippen LogP contribution in [0.3, 0.4) is 0 Å². The van der Waals surface area contributed by atoms with Crippen LogP contribution in [0, 0.1) is 19.7 Å². The molecule has 0 bridgehead atoms. The number of carbonyl (C=O) groups excluding carboxylic acids is 1. The average Bonchev–Trinajstić information content (AvgIpc) is 3.02. The standard InChI is InChI=1S/C25H28ClFN2O2/c1-16(13-19-5-11-23(31-4)12-6-19)29-18(3)24(17(2)28-29)15-22(30)10-8-20-7-9-21(27)14-25(20)26/h5-7,9,11-12,14,16H,8,10,13,15H2,1-4H3. The second-order valence-electron chi connectivity index (χ2n) is 7.95. The van der Waals surface area contributed by atoms with Crippen LogP contribution in [0.5, 0.6) is 5.75 Å². The molecule has 6 heteroatoms. The summed E-state index contributed by atoms with van der Waals surface area (Å²) in [6.07, 6.45) is 2.03. The number of rotatable bonds is 9. The predicted octanol–water partition coefficient (Wildman–Crippen LogP) is 5.85. The van der Waals surface area contributed by atoms with Crippen molar-refractivity contribution >= 4 is 17.4 Å². The maximum absolute atomic E-state index is 13.2. The Kier molecular flexibility index (Phi) is 7.50. The Morgan fingerprint density at radius 1 is 1.19 bits per heavy atom. The van der Waals surface area contributed by atoms with Crippen LogP contribution in [0.2, 0.25) is 5.02 Å². The first-order valence-corrected chi connectivity index (χ1v) is 10.8. The molecule has 0 aliphatic rings. The van der Waals surface area contributed by atoms with Gasteiger partial charge in [-0.3, -0.25) is 9.48 Å². The van der Waals surface area contributed by atoms with Crippen molar-refractivity contribution in [2.24, 2.45) is 0 Å². The minimum atomic E-state index is -0.373. The van der Waals surface area contributed by atoms with Gasteiger partial charge in [0.05, 0.1) is 18.8 Å². The molecule has 0 aliphatic heterocycles. The summed E-state index contributed by atoms with van der Waals surface area (Å²) in [7, 11) is 1.66. The Bertz CT molecular complexity index is 1060. The van der Waals surface area contributed by atoms with Crippen LogP contribution < -0.4 is 4.74 Å². The lowest BCUT2D eigenvalue weighted by Crippen LogP contribution is -2.12. The number of hydrogen-bond acceptors (Lipinski definition) is 3. The molecule has 1 unspecified atom stereocenters. The fraction of sp³-hybridized carbons (Fsp3) is 0.360. The number of carbonyl (C=O) groups is 1. The van der Waals surface area contributed by atoms with Crippen molar-refractivity contribution in [3.8, 4) is 5.75 Å². The van der Waals surface area contributed by atoms with Gasteiger partial charge in [0.2, 0.25) is 0 Å². The van der Waals surface area contributed by atoms with E-state index in [0.29, 0.717) is 24.3 Å². The monoisotopic (exact) mass is 442 g/mol. The third-order valence-corrected chi connectivity index (χ3v) is 6.00. The molecule has 3 rings (SSSR count). The van der Waals surface area contributed by atoms with Gasteiger partial charge in [-0.05, 0) is 69.0 Å². The van der Waals surface area contributed by atoms with Crippen molar-refractivity contribution < 1.29 is 13.9 Å². The molecular weight excluding hydrogens is 415 g/mol. The van der Waals surface area contributed by atoms with Crippen LogP contribution in [0.4, 0.5) is 4.39 Å². The highest BCUT2D eigenvalue weighted by Crippen LogP contribution is 2.23. The molecule has 1 heterocycles. The van der Waals surface area contributed by atoms with Gasteiger partial charge in [-0.25, -0.2) is 4.39 Å². The Balaban J connectivity index is 1.64. The first kappa shape index (κ1) is 23.0. The lowest BCUT2D eigenvalue weighted by Gasteiger charge is -2.15. The van der Waals surface area contributed by atoms with E-state index in [1.807, 2.05) is 30.7 Å². The topological polar surface area (TPSA) is 44.1 Å². The molecular formula is C25H28ClFN2O2. The van der Waals surface area contributed by atoms with Gasteiger partial charge in [0, 0.05) is 29.1 Å². The number of ketones is 1. The van der Waals surface area contributed by atoms with Crippen molar-refractivity contribution in [3.05, 3.63) is 81.4 Å². The molecule has 0 N–H and O–H groups in total. The van der Waals surface area contributed by atoms with E-state index in [1.54, 1.807) is 13.2 Å². The number of hydrogen-bond donors (Lipinski definition) is 0. The van der Waals surface area contributed by atoms with Crippen LogP contribution in [0.15, 0.2) is 42.5 Å². The highest BCUT2D eigenvalue weighted by Gasteiger charge is 2.18. The number of aryl methyl sites for hydroxylation is 2. The maximum Gasteiger partial charge on any atom is 0.137 e. The van der Waals surface area contributed by atoms with E-state index >= 15 is 0 Å². The molecule has 0 fully saturated rings. The molecule has 4 nitrogen and oxygen atoms in total. The smallest absolute Gasteiger partial charge is 0.137 e. The van der Waals surface area contributed by atoms with Gasteiger partial charge < -0.3 is 4.74 Å². The summed E-state index contributed by atoms with van der Waals surface area (Å²) in [5.74, 6) is 0.585. The van der Waals surface area contributed by atoms with E-state index in [4.69, 9.17) is 21.4 Å². The van der Waals surface area contributed by atoms with Crippen molar-refractivity contribution in [3.63, 3.8) is 0 Å². The van der Waals surface area contributed by atoms with E-state index in [9.17, 15) is 9.18 Å². The van der Waals surface area contributed by atoms with Crippen molar-refractivity contribution in [1.29, 1.82) is 0 Å². The molecule has 2 aromatic carbocycles. The normalized spacial score (nSPS) is 12.1. The number of methoxy groups -OCH3 is 1. The summed E-state index contributed by atoms with van der Waals surface area (Å²) in [4.78, 5) is 12.6. The van der Waals surface area contributed by atoms with Gasteiger partial charge >= 0.3 is 0 Å². The van der Waals surface area contributed by atoms with E-state index in [0.717, 1.165) is 34.7 Å². The van der Waals surface area contributed by atoms with Crippen molar-refractivity contribution in [2.75, 3.05) is 7.11 Å². The lowest BCUT2D eigenvalue weighted by atomic mass is 10.0. The first-order chi connectivity index (χ1) is 14.8. The van der Waals surface area contributed by atoms with Crippen molar-refractivity contribution in [1.82, 2.24) is 9.78 Å². The number of aromatic nitrogens is 2. The Morgan fingerprint density at radius 2 is 1.90 bits per heavy atom. The van der Waals surface area contributed by atoms with E-state index in [-0.39, 0.29) is 17.6 Å². The summed E-state index contributed by atoms with van der Waals surface area (Å²) >= 11 is 6.07. The lowest BCUT2D eigenvalue weighted by molar-refractivity contribution is -0.118. The Labute approximate surface area is 188 Å². The quantitative estimate of drug-likeness (QED) is 0.417. The Morgan fingerprint density at radius 3 is 2.55 bits per heavy atom. The molecule has 0 radical (unpaired) electrons. The highest BCUT2D eigenvalue weighted by molar-refractivity contribution is 6.31. The molecule has 0 saturated heterocycles. The van der Waals surface area contributed by atoms with Crippen LogP contribution in [-0.4, -0.2) is 22.7 Å². The average molecular weight is 443 g/mol. The fourth-order valence-electron chi connectivity index (χ4n) is 3.86. The second-order valence-corrected chi connectivity index (χ2v) is 8.35. The minimum absolute atomic E-state index is 0.119. The first-order valence-electron chi connectivity index (χ1n) is 10.4. The fourth-order valence-corrected chi connectivity index (χ4v) is 4.12. The summed E-state index contributed by atoms with van der Waals surface area (Å²) in [6, 6.07) is 12.5. The van der Waals surface area contributed by atoms with Crippen molar-refractivity contribution in [2.45, 2.75) is 52.5 Å². The zero-order valence-electron chi connectivity index (χ0n) is 18.4. The summed E-state index contributed by atoms with van der Waals surface area (Å²) in [5, 5.41) is 5.07. The molecule has 3 aromatic rings. The zero-order chi connectivity index (χ0) is 22.5. The number of nitrogens with zero attached hydrogens (tertiary/aromatic N) is 2. The summed E-state index contributed by atoms with van der Waals surface area (Å²) < 4.78 is 20.4. The molecule has 0 aliphatic carbocycles. The SMILES string of the molecule is COc1ccc(CC(C)n2nc(C)c(CC(=O)CCc3ccc(F)cc3Cl)c2C)cc1. The third-order valence-electron chi connectivity index (χ3n) is 5.64. The van der Waals surface area contributed by atoms with Gasteiger partial charge in [-0.15, -0.1) is 0 Å². The van der Waals surface area contributed by atoms with Gasteiger partial charge in [-0.1, -0.05) is 29.8 Å². The summed E-state index contributed by atoms with van der Waals surface area (Å²) in [5.41, 5.74) is 4.87. The number of halogens is 2. The largest absolute Gasteiger partial charge is 0.497 e. The molecule has 0 amide bonds. The molecule has 1 aromatic heterocycles. The van der Waals surface area contributed by atoms with Gasteiger partial charge in [0.1, 0.15) is 17.3 Å². The molecule has 31 heavy (non-hydrogen) atoms. The van der Waals surface area contributed by atoms with Gasteiger partial charge in [0.15, 0.2) is 0 Å². The van der Waals surface area contributed by atoms with E-state index in [1.165, 1.54) is 17.7 Å². The van der Waals surface area contributed by atoms with Crippen LogP contribution >= 0.6 is 11.6 Å². The molecule has 0 spiro atoms. The van der Waals surface area contributed by atoms with Crippen LogP contribution in [0.1, 0.15) is 47.5 Å². The highest BCUT2D eigenvalue weighted by atomic mass is 35.5. The van der Waals surface area contributed by atoms with Crippen LogP contribution in [0.25, 0.3) is 0 Å². The third kappa shape index (κ3) is 5.73. The second kappa shape index (κ2) is 10.1. The molecule has 164 valence electrons.